The topological polar surface area (TPSA) is 127 Å². The summed E-state index contributed by atoms with van der Waals surface area (Å²) in [5.41, 5.74) is 4.91. The van der Waals surface area contributed by atoms with Gasteiger partial charge in [0.2, 0.25) is 11.8 Å². The molecule has 9 atom stereocenters. The standard InChI is InChI=1S/C39H59N5O6/c1-22-32-17-29(39(32,5)6)18-33(22)41-38(48)36-35(23(2)45)34(19-40-24(3)46)50-44(36)21-27-12-11-13-31(37(27)49-10)28-14-26(20-43(9)25(4)47)15-30(16-28)42(7)8/h11-16,22-24,29,32-36,40,45-46H,17-21H2,1-10H3,(H,41,48)/t22-,23-,24?,29+,32-,33-,34-,35-,36-/m0/s1. The van der Waals surface area contributed by atoms with Gasteiger partial charge in [0.05, 0.1) is 25.9 Å². The second kappa shape index (κ2) is 15.2. The van der Waals surface area contributed by atoms with Gasteiger partial charge in [-0.05, 0) is 79.2 Å². The number of carbonyl (C=O) groups is 2. The summed E-state index contributed by atoms with van der Waals surface area (Å²) in [7, 11) is 7.40. The Kier molecular flexibility index (Phi) is 11.5. The minimum atomic E-state index is -0.846. The average Bonchev–Trinajstić information content (AvgIpc) is 3.42. The van der Waals surface area contributed by atoms with E-state index in [0.717, 1.165) is 34.4 Å². The van der Waals surface area contributed by atoms with Crippen LogP contribution in [0.5, 0.6) is 5.75 Å². The van der Waals surface area contributed by atoms with E-state index in [9.17, 15) is 19.8 Å². The molecule has 3 aliphatic carbocycles. The van der Waals surface area contributed by atoms with Crippen molar-refractivity contribution in [3.63, 3.8) is 0 Å². The zero-order chi connectivity index (χ0) is 36.7. The number of methoxy groups -OCH3 is 1. The Morgan fingerprint density at radius 2 is 1.84 bits per heavy atom. The van der Waals surface area contributed by atoms with Crippen molar-refractivity contribution in [1.29, 1.82) is 0 Å². The zero-order valence-corrected chi connectivity index (χ0v) is 31.6. The van der Waals surface area contributed by atoms with Gasteiger partial charge in [-0.3, -0.25) is 19.7 Å². The fourth-order valence-electron chi connectivity index (χ4n) is 8.70. The lowest BCUT2D eigenvalue weighted by Crippen LogP contribution is -2.62. The third-order valence-electron chi connectivity index (χ3n) is 11.9. The molecule has 2 aromatic rings. The Labute approximate surface area is 298 Å². The number of amides is 2. The van der Waals surface area contributed by atoms with E-state index in [0.29, 0.717) is 35.5 Å². The Balaban J connectivity index is 1.48. The number of nitrogens with zero attached hydrogens (tertiary/aromatic N) is 3. The minimum Gasteiger partial charge on any atom is -0.496 e. The first-order chi connectivity index (χ1) is 23.5. The summed E-state index contributed by atoms with van der Waals surface area (Å²) < 4.78 is 6.09. The number of rotatable bonds is 13. The van der Waals surface area contributed by atoms with Crippen molar-refractivity contribution in [1.82, 2.24) is 20.6 Å². The highest BCUT2D eigenvalue weighted by atomic mass is 16.7. The number of benzene rings is 2. The predicted molar refractivity (Wildman–Crippen MR) is 195 cm³/mol. The van der Waals surface area contributed by atoms with Crippen LogP contribution in [0.15, 0.2) is 36.4 Å². The molecule has 0 spiro atoms. The third-order valence-corrected chi connectivity index (χ3v) is 11.9. The van der Waals surface area contributed by atoms with Crippen LogP contribution < -0.4 is 20.3 Å². The Hall–Kier alpha value is -3.22. The second-order valence-electron chi connectivity index (χ2n) is 15.8. The molecule has 0 aromatic heterocycles. The monoisotopic (exact) mass is 693 g/mol. The zero-order valence-electron chi connectivity index (χ0n) is 31.6. The molecule has 4 aliphatic rings. The number of hydrogen-bond donors (Lipinski definition) is 4. The van der Waals surface area contributed by atoms with E-state index >= 15 is 0 Å². The highest BCUT2D eigenvalue weighted by Gasteiger charge is 2.57. The molecule has 1 heterocycles. The molecule has 11 nitrogen and oxygen atoms in total. The molecule has 4 N–H and O–H groups in total. The van der Waals surface area contributed by atoms with E-state index in [-0.39, 0.29) is 30.9 Å². The first-order valence-corrected chi connectivity index (χ1v) is 18.1. The van der Waals surface area contributed by atoms with E-state index in [1.807, 2.05) is 37.2 Å². The van der Waals surface area contributed by atoms with Crippen molar-refractivity contribution in [2.24, 2.45) is 29.1 Å². The number of hydrogen-bond acceptors (Lipinski definition) is 9. The molecular formula is C39H59N5O6. The number of para-hydroxylation sites is 1. The van der Waals surface area contributed by atoms with E-state index < -0.39 is 30.4 Å². The van der Waals surface area contributed by atoms with Crippen LogP contribution in [0.2, 0.25) is 0 Å². The molecular weight excluding hydrogens is 634 g/mol. The van der Waals surface area contributed by atoms with Crippen molar-refractivity contribution >= 4 is 17.5 Å². The van der Waals surface area contributed by atoms with Crippen LogP contribution in [-0.4, -0.2) is 97.3 Å². The lowest BCUT2D eigenvalue weighted by atomic mass is 9.45. The largest absolute Gasteiger partial charge is 0.496 e. The average molecular weight is 694 g/mol. The van der Waals surface area contributed by atoms with Gasteiger partial charge in [-0.25, -0.2) is 0 Å². The van der Waals surface area contributed by atoms with E-state index in [1.165, 1.54) is 6.42 Å². The molecule has 1 aliphatic heterocycles. The molecule has 276 valence electrons. The molecule has 2 aromatic carbocycles. The number of hydroxylamine groups is 2. The Morgan fingerprint density at radius 3 is 2.42 bits per heavy atom. The molecule has 1 unspecified atom stereocenters. The van der Waals surface area contributed by atoms with Crippen LogP contribution in [0.4, 0.5) is 5.69 Å². The normalized spacial score (nSPS) is 28.4. The summed E-state index contributed by atoms with van der Waals surface area (Å²) >= 11 is 0. The molecule has 4 fully saturated rings. The van der Waals surface area contributed by atoms with Gasteiger partial charge in [0.15, 0.2) is 0 Å². The summed E-state index contributed by atoms with van der Waals surface area (Å²) in [6, 6.07) is 11.5. The molecule has 2 amide bonds. The fraction of sp³-hybridized carbons (Fsp3) is 0.641. The number of anilines is 1. The van der Waals surface area contributed by atoms with Gasteiger partial charge >= 0.3 is 0 Å². The second-order valence-corrected chi connectivity index (χ2v) is 15.8. The summed E-state index contributed by atoms with van der Waals surface area (Å²) in [4.78, 5) is 36.7. The number of nitrogens with one attached hydrogen (secondary N) is 2. The van der Waals surface area contributed by atoms with Gasteiger partial charge < -0.3 is 30.1 Å². The lowest BCUT2D eigenvalue weighted by Gasteiger charge is -2.62. The Morgan fingerprint density at radius 1 is 1.12 bits per heavy atom. The first kappa shape index (κ1) is 38.0. The van der Waals surface area contributed by atoms with Gasteiger partial charge in [-0.2, -0.15) is 5.06 Å². The van der Waals surface area contributed by atoms with Crippen LogP contribution in [-0.2, 0) is 27.5 Å². The van der Waals surface area contributed by atoms with Crippen LogP contribution in [0.25, 0.3) is 11.1 Å². The van der Waals surface area contributed by atoms with Crippen molar-refractivity contribution < 1.29 is 29.4 Å². The van der Waals surface area contributed by atoms with Gasteiger partial charge in [-0.15, -0.1) is 0 Å². The number of ether oxygens (including phenoxy) is 1. The number of aliphatic hydroxyl groups excluding tert-OH is 2. The predicted octanol–water partition coefficient (Wildman–Crippen LogP) is 4.00. The van der Waals surface area contributed by atoms with Crippen molar-refractivity contribution in [3.8, 4) is 16.9 Å². The first-order valence-electron chi connectivity index (χ1n) is 18.1. The van der Waals surface area contributed by atoms with Crippen molar-refractivity contribution in [2.45, 2.75) is 98.0 Å². The van der Waals surface area contributed by atoms with Crippen molar-refractivity contribution in [3.05, 3.63) is 47.5 Å². The minimum absolute atomic E-state index is 0.0124. The van der Waals surface area contributed by atoms with Gasteiger partial charge in [0.25, 0.3) is 0 Å². The summed E-state index contributed by atoms with van der Waals surface area (Å²) in [6.45, 7) is 12.8. The van der Waals surface area contributed by atoms with Gasteiger partial charge in [0, 0.05) is 69.9 Å². The molecule has 3 saturated carbocycles. The van der Waals surface area contributed by atoms with Crippen LogP contribution in [0, 0.1) is 29.1 Å². The SMILES string of the molecule is COc1c(CN2O[C@@H](CNC(C)O)[C@H]([C@H](C)O)[C@H]2C(=O)N[C@H]2C[C@H]3C[C@@H]([C@@H]2C)C3(C)C)cccc1-c1cc(CN(C)C(C)=O)cc(N(C)C)c1. The maximum atomic E-state index is 14.4. The van der Waals surface area contributed by atoms with E-state index in [4.69, 9.17) is 9.57 Å². The van der Waals surface area contributed by atoms with Gasteiger partial charge in [-0.1, -0.05) is 39.0 Å². The highest BCUT2D eigenvalue weighted by Crippen LogP contribution is 2.61. The summed E-state index contributed by atoms with van der Waals surface area (Å²) in [5, 5.41) is 29.3. The summed E-state index contributed by atoms with van der Waals surface area (Å²) in [5.74, 6) is 1.45. The highest BCUT2D eigenvalue weighted by molar-refractivity contribution is 5.83. The third kappa shape index (κ3) is 7.67. The van der Waals surface area contributed by atoms with E-state index in [2.05, 4.69) is 49.6 Å². The molecule has 2 bridgehead atoms. The quantitative estimate of drug-likeness (QED) is 0.231. The number of aliphatic hydroxyl groups is 2. The Bertz CT molecular complexity index is 1530. The maximum absolute atomic E-state index is 14.4. The number of fused-ring (bicyclic) bond motifs is 2. The molecule has 1 saturated heterocycles. The maximum Gasteiger partial charge on any atom is 0.240 e. The lowest BCUT2D eigenvalue weighted by molar-refractivity contribution is -0.177. The molecule has 11 heteroatoms. The van der Waals surface area contributed by atoms with Crippen LogP contribution in [0.3, 0.4) is 0 Å². The van der Waals surface area contributed by atoms with Gasteiger partial charge in [0.1, 0.15) is 18.0 Å². The van der Waals surface area contributed by atoms with Crippen LogP contribution in [0.1, 0.15) is 65.5 Å². The van der Waals surface area contributed by atoms with Crippen molar-refractivity contribution in [2.75, 3.05) is 39.7 Å². The van der Waals surface area contributed by atoms with Crippen LogP contribution >= 0.6 is 0 Å². The number of carbonyl (C=O) groups excluding carboxylic acids is 2. The molecule has 50 heavy (non-hydrogen) atoms. The smallest absolute Gasteiger partial charge is 0.240 e. The molecule has 0 radical (unpaired) electrons. The molecule has 6 rings (SSSR count). The fourth-order valence-corrected chi connectivity index (χ4v) is 8.70. The summed E-state index contributed by atoms with van der Waals surface area (Å²) in [6.07, 6.45) is -0.0138. The van der Waals surface area contributed by atoms with E-state index in [1.54, 1.807) is 44.9 Å².